The van der Waals surface area contributed by atoms with E-state index in [4.69, 9.17) is 4.74 Å². The monoisotopic (exact) mass is 321 g/mol. The number of rotatable bonds is 10. The van der Waals surface area contributed by atoms with Gasteiger partial charge >= 0.3 is 5.97 Å². The molecule has 108 valence electrons. The van der Waals surface area contributed by atoms with Gasteiger partial charge in [-0.2, -0.15) is 0 Å². The molecule has 0 amide bonds. The van der Waals surface area contributed by atoms with E-state index in [1.165, 1.54) is 38.3 Å². The standard InChI is InChI=1S/C14H28NO2.BrH/c1-5-8-9-10-11-15(4,7-3)12-13-17-14(16)6-2;/h6H,2,5,7-13H2,1,3-4H3;1H/q+1;/p-1. The lowest BCUT2D eigenvalue weighted by Gasteiger charge is -2.33. The second-order valence-corrected chi connectivity index (χ2v) is 4.82. The zero-order valence-corrected chi connectivity index (χ0v) is 13.7. The van der Waals surface area contributed by atoms with Crippen LogP contribution in [-0.2, 0) is 9.53 Å². The Hall–Kier alpha value is -0.350. The summed E-state index contributed by atoms with van der Waals surface area (Å²) in [5.74, 6) is -0.321. The van der Waals surface area contributed by atoms with Gasteiger partial charge in [-0.1, -0.05) is 26.3 Å². The molecular formula is C14H28BrNO2. The summed E-state index contributed by atoms with van der Waals surface area (Å²) >= 11 is 0. The number of carbonyl (C=O) groups is 1. The molecule has 0 aliphatic carbocycles. The number of nitrogens with zero attached hydrogens (tertiary/aromatic N) is 1. The van der Waals surface area contributed by atoms with Gasteiger partial charge in [-0.15, -0.1) is 0 Å². The maximum absolute atomic E-state index is 10.9. The minimum Gasteiger partial charge on any atom is -1.00 e. The molecule has 1 unspecified atom stereocenters. The number of halogens is 1. The van der Waals surface area contributed by atoms with Crippen molar-refractivity contribution in [1.82, 2.24) is 0 Å². The van der Waals surface area contributed by atoms with E-state index in [2.05, 4.69) is 27.5 Å². The van der Waals surface area contributed by atoms with Gasteiger partial charge in [0.2, 0.25) is 0 Å². The Bertz CT molecular complexity index is 234. The molecule has 0 saturated carbocycles. The molecule has 0 aromatic rings. The molecule has 0 radical (unpaired) electrons. The molecule has 0 aromatic heterocycles. The highest BCUT2D eigenvalue weighted by Gasteiger charge is 2.18. The highest BCUT2D eigenvalue weighted by Crippen LogP contribution is 2.07. The number of ether oxygens (including phenoxy) is 1. The predicted molar refractivity (Wildman–Crippen MR) is 71.8 cm³/mol. The van der Waals surface area contributed by atoms with Crippen molar-refractivity contribution in [3.8, 4) is 0 Å². The maximum Gasteiger partial charge on any atom is 0.330 e. The summed E-state index contributed by atoms with van der Waals surface area (Å²) in [4.78, 5) is 10.9. The molecule has 0 fully saturated rings. The molecule has 0 rings (SSSR count). The van der Waals surface area contributed by atoms with Crippen molar-refractivity contribution in [3.63, 3.8) is 0 Å². The lowest BCUT2D eigenvalue weighted by molar-refractivity contribution is -0.908. The Morgan fingerprint density at radius 1 is 1.22 bits per heavy atom. The predicted octanol–water partition coefficient (Wildman–Crippen LogP) is -0.234. The maximum atomic E-state index is 10.9. The molecule has 0 aliphatic heterocycles. The van der Waals surface area contributed by atoms with Crippen molar-refractivity contribution >= 4 is 5.97 Å². The van der Waals surface area contributed by atoms with Crippen molar-refractivity contribution in [1.29, 1.82) is 0 Å². The van der Waals surface area contributed by atoms with Gasteiger partial charge < -0.3 is 26.2 Å². The minimum absolute atomic E-state index is 0. The van der Waals surface area contributed by atoms with Crippen molar-refractivity contribution < 1.29 is 31.0 Å². The highest BCUT2D eigenvalue weighted by molar-refractivity contribution is 5.81. The average Bonchev–Trinajstić information content (AvgIpc) is 2.34. The van der Waals surface area contributed by atoms with Gasteiger partial charge in [0.25, 0.3) is 0 Å². The summed E-state index contributed by atoms with van der Waals surface area (Å²) in [7, 11) is 2.23. The van der Waals surface area contributed by atoms with Crippen molar-refractivity contribution in [3.05, 3.63) is 12.7 Å². The van der Waals surface area contributed by atoms with Gasteiger partial charge in [0, 0.05) is 6.08 Å². The number of likely N-dealkylation sites (N-methyl/N-ethyl adjacent to an activating group) is 1. The molecule has 0 N–H and O–H groups in total. The summed E-state index contributed by atoms with van der Waals surface area (Å²) in [5.41, 5.74) is 0. The zero-order valence-electron chi connectivity index (χ0n) is 12.1. The lowest BCUT2D eigenvalue weighted by atomic mass is 10.2. The van der Waals surface area contributed by atoms with E-state index in [1.54, 1.807) is 0 Å². The Labute approximate surface area is 123 Å². The van der Waals surface area contributed by atoms with Crippen LogP contribution in [0.1, 0.15) is 39.5 Å². The number of hydrogen-bond donors (Lipinski definition) is 0. The molecule has 18 heavy (non-hydrogen) atoms. The molecule has 0 saturated heterocycles. The molecule has 4 heteroatoms. The van der Waals surface area contributed by atoms with Crippen molar-refractivity contribution in [2.45, 2.75) is 39.5 Å². The van der Waals surface area contributed by atoms with Crippen molar-refractivity contribution in [2.75, 3.05) is 33.3 Å². The van der Waals surface area contributed by atoms with E-state index < -0.39 is 0 Å². The smallest absolute Gasteiger partial charge is 0.330 e. The fourth-order valence-corrected chi connectivity index (χ4v) is 1.77. The van der Waals surface area contributed by atoms with Crippen LogP contribution < -0.4 is 17.0 Å². The van der Waals surface area contributed by atoms with Crippen LogP contribution in [0.5, 0.6) is 0 Å². The largest absolute Gasteiger partial charge is 1.00 e. The molecule has 0 aromatic carbocycles. The Kier molecular flexibility index (Phi) is 13.0. The van der Waals surface area contributed by atoms with E-state index in [9.17, 15) is 4.79 Å². The van der Waals surface area contributed by atoms with Gasteiger partial charge in [-0.05, 0) is 19.8 Å². The normalized spacial score (nSPS) is 13.3. The molecule has 3 nitrogen and oxygen atoms in total. The van der Waals surface area contributed by atoms with Crippen molar-refractivity contribution in [2.24, 2.45) is 0 Å². The average molecular weight is 322 g/mol. The first-order valence-electron chi connectivity index (χ1n) is 6.70. The number of quaternary nitrogens is 1. The third kappa shape index (κ3) is 9.66. The molecule has 0 spiro atoms. The molecular weight excluding hydrogens is 294 g/mol. The number of unbranched alkanes of at least 4 members (excludes halogenated alkanes) is 3. The first-order chi connectivity index (χ1) is 8.08. The van der Waals surface area contributed by atoms with E-state index in [0.717, 1.165) is 17.6 Å². The molecule has 0 aliphatic rings. The third-order valence-corrected chi connectivity index (χ3v) is 3.36. The van der Waals surface area contributed by atoms with Gasteiger partial charge in [0.15, 0.2) is 0 Å². The minimum atomic E-state index is -0.321. The highest BCUT2D eigenvalue weighted by atomic mass is 79.9. The van der Waals surface area contributed by atoms with E-state index in [-0.39, 0.29) is 23.0 Å². The summed E-state index contributed by atoms with van der Waals surface area (Å²) in [6.45, 7) is 11.4. The topological polar surface area (TPSA) is 26.3 Å². The number of carbonyl (C=O) groups excluding carboxylic acids is 1. The molecule has 0 bridgehead atoms. The SMILES string of the molecule is C=CC(=O)OCC[N+](C)(CC)CCCCCC.[Br-]. The fourth-order valence-electron chi connectivity index (χ4n) is 1.77. The first-order valence-corrected chi connectivity index (χ1v) is 6.70. The van der Waals surface area contributed by atoms with E-state index in [0.29, 0.717) is 6.61 Å². The van der Waals surface area contributed by atoms with E-state index >= 15 is 0 Å². The van der Waals surface area contributed by atoms with Gasteiger partial charge in [0.1, 0.15) is 13.2 Å². The summed E-state index contributed by atoms with van der Waals surface area (Å²) in [6, 6.07) is 0. The fraction of sp³-hybridized carbons (Fsp3) is 0.786. The van der Waals surface area contributed by atoms with Crippen LogP contribution in [0.3, 0.4) is 0 Å². The number of hydrogen-bond acceptors (Lipinski definition) is 2. The van der Waals surface area contributed by atoms with Gasteiger partial charge in [-0.25, -0.2) is 4.79 Å². The van der Waals surface area contributed by atoms with Gasteiger partial charge in [0.05, 0.1) is 20.1 Å². The van der Waals surface area contributed by atoms with Crippen LogP contribution in [0.2, 0.25) is 0 Å². The number of esters is 1. The Balaban J connectivity index is 0. The third-order valence-electron chi connectivity index (χ3n) is 3.36. The van der Waals surface area contributed by atoms with Crippen LogP contribution in [0.4, 0.5) is 0 Å². The van der Waals surface area contributed by atoms with Crippen LogP contribution in [0, 0.1) is 0 Å². The Morgan fingerprint density at radius 3 is 2.39 bits per heavy atom. The van der Waals surface area contributed by atoms with Crippen LogP contribution in [0.25, 0.3) is 0 Å². The first kappa shape index (κ1) is 20.0. The molecule has 1 atom stereocenters. The van der Waals surface area contributed by atoms with Crippen LogP contribution in [-0.4, -0.2) is 43.7 Å². The van der Waals surface area contributed by atoms with Crippen LogP contribution in [0.15, 0.2) is 12.7 Å². The second kappa shape index (κ2) is 11.7. The zero-order chi connectivity index (χ0) is 13.1. The molecule has 0 heterocycles. The van der Waals surface area contributed by atoms with E-state index in [1.807, 2.05) is 0 Å². The lowest BCUT2D eigenvalue weighted by Crippen LogP contribution is -3.00. The second-order valence-electron chi connectivity index (χ2n) is 4.82. The Morgan fingerprint density at radius 2 is 1.89 bits per heavy atom. The summed E-state index contributed by atoms with van der Waals surface area (Å²) < 4.78 is 6.02. The quantitative estimate of drug-likeness (QED) is 0.240. The van der Waals surface area contributed by atoms with Gasteiger partial charge in [-0.3, -0.25) is 0 Å². The van der Waals surface area contributed by atoms with Crippen LogP contribution >= 0.6 is 0 Å². The summed E-state index contributed by atoms with van der Waals surface area (Å²) in [6.07, 6.45) is 6.36. The summed E-state index contributed by atoms with van der Waals surface area (Å²) in [5, 5.41) is 0.